The van der Waals surface area contributed by atoms with Gasteiger partial charge in [0.1, 0.15) is 5.65 Å². The summed E-state index contributed by atoms with van der Waals surface area (Å²) in [6.07, 6.45) is 5.02. The Balaban J connectivity index is 1.64. The highest BCUT2D eigenvalue weighted by Crippen LogP contribution is 2.28. The van der Waals surface area contributed by atoms with Gasteiger partial charge in [-0.1, -0.05) is 6.07 Å². The summed E-state index contributed by atoms with van der Waals surface area (Å²) < 4.78 is 10.8. The van der Waals surface area contributed by atoms with E-state index >= 15 is 0 Å². The molecule has 7 nitrogen and oxygen atoms in total. The van der Waals surface area contributed by atoms with Crippen LogP contribution in [0.15, 0.2) is 59.3 Å². The molecule has 0 aliphatic carbocycles. The largest absolute Gasteiger partial charge is 0.462 e. The van der Waals surface area contributed by atoms with Crippen LogP contribution in [-0.2, 0) is 25.6 Å². The summed E-state index contributed by atoms with van der Waals surface area (Å²) in [4.78, 5) is 33.5. The number of nitrogens with zero attached hydrogens (tertiary/aromatic N) is 1. The standard InChI is InChI=1S/C20H17N3O4S/c1-2-26-20(25)16-17(24)15(27-19(16)23-11-13-5-4-8-28-13)9-12-10-22-18-14(12)6-3-7-21-18/h3-10,23H,2,11H2,1H3,(H,21,22). The molecule has 0 bridgehead atoms. The summed E-state index contributed by atoms with van der Waals surface area (Å²) in [5.41, 5.74) is 1.33. The number of allylic oxidation sites excluding steroid dienone is 1. The molecule has 1 aliphatic heterocycles. The Hall–Kier alpha value is -3.39. The first kappa shape index (κ1) is 18.0. The number of nitrogens with one attached hydrogen (secondary N) is 2. The number of aromatic nitrogens is 2. The molecule has 0 radical (unpaired) electrons. The van der Waals surface area contributed by atoms with Crippen molar-refractivity contribution in [1.82, 2.24) is 15.3 Å². The van der Waals surface area contributed by atoms with Crippen molar-refractivity contribution in [2.24, 2.45) is 0 Å². The number of ketones is 1. The topological polar surface area (TPSA) is 93.3 Å². The van der Waals surface area contributed by atoms with Crippen LogP contribution in [0.5, 0.6) is 0 Å². The molecule has 0 saturated carbocycles. The summed E-state index contributed by atoms with van der Waals surface area (Å²) in [6, 6.07) is 7.58. The number of hydrogen-bond acceptors (Lipinski definition) is 7. The monoisotopic (exact) mass is 395 g/mol. The van der Waals surface area contributed by atoms with Crippen molar-refractivity contribution in [1.29, 1.82) is 0 Å². The lowest BCUT2D eigenvalue weighted by atomic mass is 10.1. The van der Waals surface area contributed by atoms with Crippen molar-refractivity contribution in [3.63, 3.8) is 0 Å². The molecule has 0 aromatic carbocycles. The van der Waals surface area contributed by atoms with Gasteiger partial charge in [-0.2, -0.15) is 0 Å². The van der Waals surface area contributed by atoms with Gasteiger partial charge in [-0.05, 0) is 36.6 Å². The zero-order valence-corrected chi connectivity index (χ0v) is 15.8. The van der Waals surface area contributed by atoms with Crippen molar-refractivity contribution in [2.75, 3.05) is 6.61 Å². The number of hydrogen-bond donors (Lipinski definition) is 2. The fraction of sp³-hybridized carbons (Fsp3) is 0.150. The van der Waals surface area contributed by atoms with E-state index in [1.165, 1.54) is 0 Å². The number of aromatic amines is 1. The second-order valence-corrected chi connectivity index (χ2v) is 6.97. The number of pyridine rings is 1. The van der Waals surface area contributed by atoms with Gasteiger partial charge in [0.2, 0.25) is 11.7 Å². The van der Waals surface area contributed by atoms with Crippen LogP contribution in [0.25, 0.3) is 17.1 Å². The number of esters is 1. The van der Waals surface area contributed by atoms with E-state index in [9.17, 15) is 9.59 Å². The number of carbonyl (C=O) groups is 2. The van der Waals surface area contributed by atoms with E-state index in [1.807, 2.05) is 29.6 Å². The predicted octanol–water partition coefficient (Wildman–Crippen LogP) is 3.13. The average molecular weight is 395 g/mol. The third kappa shape index (κ3) is 3.41. The number of Topliss-reactive ketones (excluding diaryl/α,β-unsaturated/α-hetero) is 1. The normalized spacial score (nSPS) is 15.3. The molecule has 0 atom stereocenters. The molecule has 0 unspecified atom stereocenters. The molecule has 0 fully saturated rings. The molecule has 8 heteroatoms. The Morgan fingerprint density at radius 1 is 1.39 bits per heavy atom. The zero-order chi connectivity index (χ0) is 19.5. The van der Waals surface area contributed by atoms with Gasteiger partial charge in [0.15, 0.2) is 11.3 Å². The summed E-state index contributed by atoms with van der Waals surface area (Å²) >= 11 is 1.57. The summed E-state index contributed by atoms with van der Waals surface area (Å²) in [6.45, 7) is 2.29. The molecule has 1 aliphatic rings. The summed E-state index contributed by atoms with van der Waals surface area (Å²) in [7, 11) is 0. The minimum atomic E-state index is -0.704. The summed E-state index contributed by atoms with van der Waals surface area (Å²) in [5, 5.41) is 5.84. The van der Waals surface area contributed by atoms with E-state index < -0.39 is 11.8 Å². The average Bonchev–Trinajstić information content (AvgIpc) is 3.41. The molecule has 2 N–H and O–H groups in total. The Morgan fingerprint density at radius 3 is 3.07 bits per heavy atom. The Morgan fingerprint density at radius 2 is 2.29 bits per heavy atom. The predicted molar refractivity (Wildman–Crippen MR) is 105 cm³/mol. The highest BCUT2D eigenvalue weighted by Gasteiger charge is 2.36. The van der Waals surface area contributed by atoms with Crippen LogP contribution in [0, 0.1) is 0 Å². The van der Waals surface area contributed by atoms with Gasteiger partial charge in [0, 0.05) is 28.2 Å². The van der Waals surface area contributed by atoms with Crippen molar-refractivity contribution in [3.8, 4) is 0 Å². The van der Waals surface area contributed by atoms with E-state index in [4.69, 9.17) is 9.47 Å². The fourth-order valence-electron chi connectivity index (χ4n) is 2.86. The maximum Gasteiger partial charge on any atom is 0.347 e. The van der Waals surface area contributed by atoms with E-state index in [1.54, 1.807) is 36.7 Å². The van der Waals surface area contributed by atoms with Crippen LogP contribution < -0.4 is 5.32 Å². The van der Waals surface area contributed by atoms with Crippen LogP contribution in [0.3, 0.4) is 0 Å². The van der Waals surface area contributed by atoms with E-state index in [2.05, 4.69) is 15.3 Å². The first-order chi connectivity index (χ1) is 13.7. The van der Waals surface area contributed by atoms with Crippen LogP contribution in [0.2, 0.25) is 0 Å². The van der Waals surface area contributed by atoms with E-state index in [0.29, 0.717) is 12.2 Å². The molecule has 4 heterocycles. The minimum Gasteiger partial charge on any atom is -0.462 e. The Bertz CT molecular complexity index is 1100. The molecular formula is C20H17N3O4S. The van der Waals surface area contributed by atoms with Crippen molar-refractivity contribution in [3.05, 3.63) is 69.7 Å². The molecule has 3 aromatic rings. The quantitative estimate of drug-likeness (QED) is 0.378. The number of ether oxygens (including phenoxy) is 2. The first-order valence-corrected chi connectivity index (χ1v) is 9.59. The lowest BCUT2D eigenvalue weighted by Gasteiger charge is -2.07. The maximum atomic E-state index is 12.8. The third-order valence-corrected chi connectivity index (χ3v) is 5.02. The highest BCUT2D eigenvalue weighted by atomic mass is 32.1. The van der Waals surface area contributed by atoms with Crippen molar-refractivity contribution < 1.29 is 19.1 Å². The van der Waals surface area contributed by atoms with Crippen molar-refractivity contribution >= 4 is 40.2 Å². The Labute approximate surface area is 164 Å². The van der Waals surface area contributed by atoms with E-state index in [0.717, 1.165) is 15.8 Å². The van der Waals surface area contributed by atoms with Gasteiger partial charge in [0.25, 0.3) is 0 Å². The van der Waals surface area contributed by atoms with Crippen LogP contribution in [0.1, 0.15) is 17.4 Å². The molecule has 28 heavy (non-hydrogen) atoms. The molecular weight excluding hydrogens is 378 g/mol. The van der Waals surface area contributed by atoms with Crippen LogP contribution in [-0.4, -0.2) is 28.3 Å². The third-order valence-electron chi connectivity index (χ3n) is 4.14. The fourth-order valence-corrected chi connectivity index (χ4v) is 3.50. The van der Waals surface area contributed by atoms with E-state index in [-0.39, 0.29) is 23.8 Å². The number of rotatable bonds is 6. The first-order valence-electron chi connectivity index (χ1n) is 8.71. The number of fused-ring (bicyclic) bond motifs is 1. The highest BCUT2D eigenvalue weighted by molar-refractivity contribution is 7.09. The van der Waals surface area contributed by atoms with Crippen LogP contribution in [0.4, 0.5) is 0 Å². The number of carbonyl (C=O) groups excluding carboxylic acids is 2. The second kappa shape index (κ2) is 7.69. The van der Waals surface area contributed by atoms with Crippen LogP contribution >= 0.6 is 11.3 Å². The second-order valence-electron chi connectivity index (χ2n) is 5.94. The van der Waals surface area contributed by atoms with Gasteiger partial charge in [-0.15, -0.1) is 11.3 Å². The molecule has 142 valence electrons. The lowest BCUT2D eigenvalue weighted by Crippen LogP contribution is -2.19. The lowest BCUT2D eigenvalue weighted by molar-refractivity contribution is -0.139. The molecule has 0 spiro atoms. The maximum absolute atomic E-state index is 12.8. The Kier molecular flexibility index (Phi) is 4.94. The number of thiophene rings is 1. The van der Waals surface area contributed by atoms with Gasteiger partial charge in [-0.3, -0.25) is 4.79 Å². The molecule has 4 rings (SSSR count). The molecule has 0 amide bonds. The van der Waals surface area contributed by atoms with Gasteiger partial charge < -0.3 is 19.8 Å². The molecule has 0 saturated heterocycles. The van der Waals surface area contributed by atoms with Crippen molar-refractivity contribution in [2.45, 2.75) is 13.5 Å². The molecule has 3 aromatic heterocycles. The number of H-pyrrole nitrogens is 1. The summed E-state index contributed by atoms with van der Waals surface area (Å²) in [5.74, 6) is -1.04. The van der Waals surface area contributed by atoms with Gasteiger partial charge >= 0.3 is 5.97 Å². The smallest absolute Gasteiger partial charge is 0.347 e. The minimum absolute atomic E-state index is 0.0569. The zero-order valence-electron chi connectivity index (χ0n) is 15.0. The van der Waals surface area contributed by atoms with Gasteiger partial charge in [0.05, 0.1) is 13.2 Å². The van der Waals surface area contributed by atoms with Gasteiger partial charge in [-0.25, -0.2) is 9.78 Å². The SMILES string of the molecule is CCOC(=O)C1=C(NCc2cccs2)OC(=Cc2c[nH]c3ncccc23)C1=O.